The predicted octanol–water partition coefficient (Wildman–Crippen LogP) is 8.03. The van der Waals surface area contributed by atoms with Crippen LogP contribution < -0.4 is 0 Å². The first-order valence-electron chi connectivity index (χ1n) is 13.3. The Morgan fingerprint density at radius 3 is 2.38 bits per heavy atom. The van der Waals surface area contributed by atoms with Gasteiger partial charge in [0.05, 0.1) is 23.0 Å². The summed E-state index contributed by atoms with van der Waals surface area (Å²) in [5, 5.41) is 10.9. The molecule has 39 heavy (non-hydrogen) atoms. The van der Waals surface area contributed by atoms with E-state index in [0.717, 1.165) is 51.1 Å². The highest BCUT2D eigenvalue weighted by Crippen LogP contribution is 2.38. The van der Waals surface area contributed by atoms with Crippen LogP contribution in [0.25, 0.3) is 50.5 Å². The Morgan fingerprint density at radius 1 is 0.821 bits per heavy atom. The molecular weight excluding hydrogens is 480 g/mol. The molecule has 5 heteroatoms. The van der Waals surface area contributed by atoms with E-state index in [1.165, 1.54) is 5.56 Å². The van der Waals surface area contributed by atoms with Crippen molar-refractivity contribution in [1.82, 2.24) is 19.5 Å². The zero-order valence-electron chi connectivity index (χ0n) is 22.3. The molecule has 0 aliphatic carbocycles. The van der Waals surface area contributed by atoms with Gasteiger partial charge in [0.2, 0.25) is 0 Å². The van der Waals surface area contributed by atoms with Gasteiger partial charge in [-0.1, -0.05) is 55.8 Å². The van der Waals surface area contributed by atoms with Crippen LogP contribution in [0.1, 0.15) is 25.0 Å². The maximum Gasteiger partial charge on any atom is 0.149 e. The van der Waals surface area contributed by atoms with E-state index < -0.39 is 0 Å². The standard InChI is InChI=1S/C34H30N4O/c1-22(2)15-24-17-25(19-26(18-24)30-11-7-8-14-36-30)29-20-35-21-31-33(29)37-34(28-16-23(3)12-13-32(28)39)38(31)27-9-5-4-6-10-27/h4-14,16-22,39H,15H2,1-3H3. The van der Waals surface area contributed by atoms with Crippen LogP contribution in [0.3, 0.4) is 0 Å². The summed E-state index contributed by atoms with van der Waals surface area (Å²) in [6.45, 7) is 6.49. The van der Waals surface area contributed by atoms with Gasteiger partial charge in [-0.3, -0.25) is 14.5 Å². The number of para-hydroxylation sites is 1. The number of aryl methyl sites for hydroxylation is 1. The van der Waals surface area contributed by atoms with Crippen LogP contribution in [0.5, 0.6) is 5.75 Å². The number of phenols is 1. The number of aromatic nitrogens is 4. The first-order valence-corrected chi connectivity index (χ1v) is 13.3. The highest BCUT2D eigenvalue weighted by atomic mass is 16.3. The Kier molecular flexibility index (Phi) is 6.41. The van der Waals surface area contributed by atoms with Crippen LogP contribution in [0.2, 0.25) is 0 Å². The third kappa shape index (κ3) is 4.79. The van der Waals surface area contributed by atoms with Gasteiger partial charge in [0, 0.05) is 29.2 Å². The van der Waals surface area contributed by atoms with Crippen molar-refractivity contribution in [2.75, 3.05) is 0 Å². The van der Waals surface area contributed by atoms with E-state index in [9.17, 15) is 5.11 Å². The van der Waals surface area contributed by atoms with Gasteiger partial charge in [-0.2, -0.15) is 0 Å². The first-order chi connectivity index (χ1) is 19.0. The van der Waals surface area contributed by atoms with E-state index in [0.29, 0.717) is 17.3 Å². The topological polar surface area (TPSA) is 63.8 Å². The van der Waals surface area contributed by atoms with E-state index in [1.807, 2.05) is 86.2 Å². The van der Waals surface area contributed by atoms with E-state index in [1.54, 1.807) is 6.07 Å². The van der Waals surface area contributed by atoms with Gasteiger partial charge in [0.15, 0.2) is 0 Å². The van der Waals surface area contributed by atoms with Gasteiger partial charge in [-0.25, -0.2) is 4.98 Å². The molecule has 3 heterocycles. The molecule has 0 bridgehead atoms. The molecule has 6 rings (SSSR count). The van der Waals surface area contributed by atoms with Crippen molar-refractivity contribution >= 4 is 11.0 Å². The highest BCUT2D eigenvalue weighted by molar-refractivity contribution is 5.95. The summed E-state index contributed by atoms with van der Waals surface area (Å²) >= 11 is 0. The van der Waals surface area contributed by atoms with E-state index in [-0.39, 0.29) is 5.75 Å². The molecule has 0 spiro atoms. The fourth-order valence-electron chi connectivity index (χ4n) is 5.17. The highest BCUT2D eigenvalue weighted by Gasteiger charge is 2.21. The Labute approximate surface area is 228 Å². The van der Waals surface area contributed by atoms with Crippen LogP contribution in [0.15, 0.2) is 104 Å². The number of benzene rings is 3. The predicted molar refractivity (Wildman–Crippen MR) is 158 cm³/mol. The molecule has 3 aromatic carbocycles. The number of imidazole rings is 1. The summed E-state index contributed by atoms with van der Waals surface area (Å²) in [6.07, 6.45) is 6.53. The molecule has 0 fully saturated rings. The van der Waals surface area contributed by atoms with E-state index in [2.05, 4.69) is 46.6 Å². The SMILES string of the molecule is Cc1ccc(O)c(-c2nc3c(-c4cc(CC(C)C)cc(-c5ccccn5)c4)cncc3n2-c2ccccc2)c1. The number of aromatic hydroxyl groups is 1. The second-order valence-corrected chi connectivity index (χ2v) is 10.4. The molecule has 5 nitrogen and oxygen atoms in total. The van der Waals surface area contributed by atoms with Crippen molar-refractivity contribution in [1.29, 1.82) is 0 Å². The first kappa shape index (κ1) is 24.6. The molecule has 0 unspecified atom stereocenters. The average Bonchev–Trinajstić information content (AvgIpc) is 3.34. The second kappa shape index (κ2) is 10.2. The molecule has 0 atom stereocenters. The Hall–Kier alpha value is -4.77. The third-order valence-corrected chi connectivity index (χ3v) is 6.88. The van der Waals surface area contributed by atoms with Crippen molar-refractivity contribution < 1.29 is 5.11 Å². The maximum absolute atomic E-state index is 10.9. The fraction of sp³-hybridized carbons (Fsp3) is 0.147. The molecule has 0 aliphatic rings. The normalized spacial score (nSPS) is 11.4. The Balaban J connectivity index is 1.63. The van der Waals surface area contributed by atoms with Gasteiger partial charge in [-0.05, 0) is 78.9 Å². The van der Waals surface area contributed by atoms with Gasteiger partial charge in [0.25, 0.3) is 0 Å². The monoisotopic (exact) mass is 510 g/mol. The molecule has 0 saturated heterocycles. The zero-order chi connectivity index (χ0) is 26.9. The Morgan fingerprint density at radius 2 is 1.62 bits per heavy atom. The lowest BCUT2D eigenvalue weighted by Crippen LogP contribution is -1.98. The molecule has 3 aromatic heterocycles. The molecule has 1 N–H and O–H groups in total. The van der Waals surface area contributed by atoms with Crippen molar-refractivity contribution in [2.24, 2.45) is 5.92 Å². The van der Waals surface area contributed by atoms with Crippen molar-refractivity contribution in [3.05, 3.63) is 115 Å². The molecule has 0 amide bonds. The third-order valence-electron chi connectivity index (χ3n) is 6.88. The number of pyridine rings is 2. The number of nitrogens with zero attached hydrogens (tertiary/aromatic N) is 4. The number of fused-ring (bicyclic) bond motifs is 1. The number of rotatable bonds is 6. The molecule has 0 saturated carbocycles. The largest absolute Gasteiger partial charge is 0.507 e. The quantitative estimate of drug-likeness (QED) is 0.246. The minimum Gasteiger partial charge on any atom is -0.507 e. The average molecular weight is 511 g/mol. The minimum atomic E-state index is 0.193. The van der Waals surface area contributed by atoms with Crippen LogP contribution in [-0.4, -0.2) is 24.6 Å². The zero-order valence-corrected chi connectivity index (χ0v) is 22.3. The fourth-order valence-corrected chi connectivity index (χ4v) is 5.17. The van der Waals surface area contributed by atoms with Crippen LogP contribution in [-0.2, 0) is 6.42 Å². The van der Waals surface area contributed by atoms with Gasteiger partial charge in [-0.15, -0.1) is 0 Å². The molecule has 0 radical (unpaired) electrons. The van der Waals surface area contributed by atoms with E-state index in [4.69, 9.17) is 4.98 Å². The lowest BCUT2D eigenvalue weighted by Gasteiger charge is -2.12. The summed E-state index contributed by atoms with van der Waals surface area (Å²) in [5.74, 6) is 1.38. The molecule has 0 aliphatic heterocycles. The van der Waals surface area contributed by atoms with Crippen LogP contribution in [0, 0.1) is 12.8 Å². The van der Waals surface area contributed by atoms with Crippen molar-refractivity contribution in [3.63, 3.8) is 0 Å². The summed E-state index contributed by atoms with van der Waals surface area (Å²) in [5.41, 5.74) is 9.64. The number of phenolic OH excluding ortho intramolecular Hbond substituents is 1. The summed E-state index contributed by atoms with van der Waals surface area (Å²) in [6, 6.07) is 28.4. The lowest BCUT2D eigenvalue weighted by molar-refractivity contribution is 0.476. The molecule has 192 valence electrons. The maximum atomic E-state index is 10.9. The van der Waals surface area contributed by atoms with Crippen LogP contribution >= 0.6 is 0 Å². The summed E-state index contributed by atoms with van der Waals surface area (Å²) in [4.78, 5) is 14.5. The second-order valence-electron chi connectivity index (χ2n) is 10.4. The van der Waals surface area contributed by atoms with Crippen LogP contribution in [0.4, 0.5) is 0 Å². The summed E-state index contributed by atoms with van der Waals surface area (Å²) in [7, 11) is 0. The van der Waals surface area contributed by atoms with Crippen molar-refractivity contribution in [3.8, 4) is 45.2 Å². The molecular formula is C34H30N4O. The number of hydrogen-bond acceptors (Lipinski definition) is 4. The smallest absolute Gasteiger partial charge is 0.149 e. The lowest BCUT2D eigenvalue weighted by atomic mass is 9.94. The van der Waals surface area contributed by atoms with Gasteiger partial charge >= 0.3 is 0 Å². The Bertz CT molecular complexity index is 1770. The minimum absolute atomic E-state index is 0.193. The van der Waals surface area contributed by atoms with Gasteiger partial charge < -0.3 is 5.11 Å². The van der Waals surface area contributed by atoms with Gasteiger partial charge in [0.1, 0.15) is 17.1 Å². The molecule has 6 aromatic rings. The summed E-state index contributed by atoms with van der Waals surface area (Å²) < 4.78 is 2.08. The number of hydrogen-bond donors (Lipinski definition) is 1. The van der Waals surface area contributed by atoms with E-state index >= 15 is 0 Å². The van der Waals surface area contributed by atoms with Crippen molar-refractivity contribution in [2.45, 2.75) is 27.2 Å².